The van der Waals surface area contributed by atoms with Crippen molar-refractivity contribution in [1.82, 2.24) is 5.32 Å². The Hall–Kier alpha value is -3.19. The Morgan fingerprint density at radius 1 is 1.15 bits per heavy atom. The molecule has 2 N–H and O–H groups in total. The van der Waals surface area contributed by atoms with Gasteiger partial charge in [0.2, 0.25) is 0 Å². The van der Waals surface area contributed by atoms with Gasteiger partial charge in [0.05, 0.1) is 20.3 Å². The van der Waals surface area contributed by atoms with Gasteiger partial charge >= 0.3 is 0 Å². The van der Waals surface area contributed by atoms with E-state index in [0.29, 0.717) is 42.2 Å². The number of fused-ring (bicyclic) bond motifs is 3. The molecule has 2 aliphatic rings. The molecule has 34 heavy (non-hydrogen) atoms. The summed E-state index contributed by atoms with van der Waals surface area (Å²) in [6, 6.07) is 9.41. The number of aliphatic hydroxyl groups is 1. The highest BCUT2D eigenvalue weighted by Gasteiger charge is 2.43. The fraction of sp³-hybridized carbons (Fsp3) is 0.444. The van der Waals surface area contributed by atoms with E-state index in [4.69, 9.17) is 18.6 Å². The zero-order valence-electron chi connectivity index (χ0n) is 19.9. The predicted molar refractivity (Wildman–Crippen MR) is 128 cm³/mol. The van der Waals surface area contributed by atoms with Crippen LogP contribution < -0.4 is 19.5 Å². The third-order valence-electron chi connectivity index (χ3n) is 7.19. The summed E-state index contributed by atoms with van der Waals surface area (Å²) in [5, 5.41) is 14.8. The number of furan rings is 1. The van der Waals surface area contributed by atoms with E-state index >= 15 is 0 Å². The van der Waals surface area contributed by atoms with E-state index in [2.05, 4.69) is 5.32 Å². The lowest BCUT2D eigenvalue weighted by Crippen LogP contribution is -2.38. The zero-order chi connectivity index (χ0) is 23.9. The normalized spacial score (nSPS) is 18.5. The first kappa shape index (κ1) is 22.6. The second-order valence-corrected chi connectivity index (χ2v) is 9.31. The Balaban J connectivity index is 1.34. The maximum atomic E-state index is 13.0. The molecule has 7 nitrogen and oxygen atoms in total. The first-order valence-corrected chi connectivity index (χ1v) is 11.9. The molecule has 0 saturated heterocycles. The summed E-state index contributed by atoms with van der Waals surface area (Å²) in [6.07, 6.45) is 4.78. The molecule has 0 unspecified atom stereocenters. The van der Waals surface area contributed by atoms with Gasteiger partial charge in [0.25, 0.3) is 5.91 Å². The highest BCUT2D eigenvalue weighted by molar-refractivity contribution is 6.00. The minimum atomic E-state index is -0.636. The first-order chi connectivity index (χ1) is 16.4. The summed E-state index contributed by atoms with van der Waals surface area (Å²) >= 11 is 0. The van der Waals surface area contributed by atoms with Crippen LogP contribution in [0.25, 0.3) is 11.0 Å². The van der Waals surface area contributed by atoms with Crippen LogP contribution in [0.4, 0.5) is 0 Å². The van der Waals surface area contributed by atoms with Crippen LogP contribution in [0.5, 0.6) is 17.2 Å². The molecule has 2 heterocycles. The van der Waals surface area contributed by atoms with E-state index in [1.807, 2.05) is 37.3 Å². The number of amides is 1. The number of aryl methyl sites for hydroxylation is 1. The van der Waals surface area contributed by atoms with Gasteiger partial charge in [-0.2, -0.15) is 0 Å². The van der Waals surface area contributed by atoms with Gasteiger partial charge < -0.3 is 29.1 Å². The molecule has 1 aliphatic heterocycles. The van der Waals surface area contributed by atoms with Crippen molar-refractivity contribution in [2.24, 2.45) is 0 Å². The SMILES string of the molecule is COc1ccc(CCNC(=O)c2oc3ccc4c(c3c2C)[C@@H](O)CC2(CCCC2)O4)cc1OC. The monoisotopic (exact) mass is 465 g/mol. The lowest BCUT2D eigenvalue weighted by Gasteiger charge is -2.38. The van der Waals surface area contributed by atoms with Crippen LogP contribution in [0.15, 0.2) is 34.7 Å². The molecule has 1 atom stereocenters. The van der Waals surface area contributed by atoms with Crippen LogP contribution in [0.2, 0.25) is 0 Å². The number of carbonyl (C=O) groups excluding carboxylic acids is 1. The van der Waals surface area contributed by atoms with E-state index < -0.39 is 6.10 Å². The van der Waals surface area contributed by atoms with Crippen molar-refractivity contribution in [2.45, 2.75) is 57.2 Å². The van der Waals surface area contributed by atoms with Crippen molar-refractivity contribution in [3.63, 3.8) is 0 Å². The average molecular weight is 466 g/mol. The fourth-order valence-electron chi connectivity index (χ4n) is 5.48. The van der Waals surface area contributed by atoms with Crippen LogP contribution in [0.1, 0.15) is 65.5 Å². The number of rotatable bonds is 6. The van der Waals surface area contributed by atoms with E-state index in [-0.39, 0.29) is 17.3 Å². The number of carbonyl (C=O) groups is 1. The molecule has 1 aliphatic carbocycles. The molecule has 1 fully saturated rings. The molecule has 1 amide bonds. The van der Waals surface area contributed by atoms with Crippen molar-refractivity contribution < 1.29 is 28.5 Å². The highest BCUT2D eigenvalue weighted by Crippen LogP contribution is 2.50. The fourth-order valence-corrected chi connectivity index (χ4v) is 5.48. The lowest BCUT2D eigenvalue weighted by molar-refractivity contribution is -0.00845. The van der Waals surface area contributed by atoms with Gasteiger partial charge in [-0.05, 0) is 68.9 Å². The highest BCUT2D eigenvalue weighted by atomic mass is 16.5. The predicted octanol–water partition coefficient (Wildman–Crippen LogP) is 4.86. The Labute approximate surface area is 199 Å². The van der Waals surface area contributed by atoms with Gasteiger partial charge in [-0.15, -0.1) is 0 Å². The van der Waals surface area contributed by atoms with Gasteiger partial charge in [-0.3, -0.25) is 4.79 Å². The molecule has 1 saturated carbocycles. The minimum absolute atomic E-state index is 0.262. The van der Waals surface area contributed by atoms with Crippen molar-refractivity contribution in [2.75, 3.05) is 20.8 Å². The summed E-state index contributed by atoms with van der Waals surface area (Å²) in [5.41, 5.74) is 2.81. The van der Waals surface area contributed by atoms with Gasteiger partial charge in [-0.25, -0.2) is 0 Å². The summed E-state index contributed by atoms with van der Waals surface area (Å²) in [5.74, 6) is 2.02. The summed E-state index contributed by atoms with van der Waals surface area (Å²) in [6.45, 7) is 2.30. The van der Waals surface area contributed by atoms with Gasteiger partial charge in [0.15, 0.2) is 17.3 Å². The molecule has 180 valence electrons. The molecule has 2 aromatic carbocycles. The Morgan fingerprint density at radius 2 is 1.91 bits per heavy atom. The van der Waals surface area contributed by atoms with Crippen molar-refractivity contribution in [1.29, 1.82) is 0 Å². The number of ether oxygens (including phenoxy) is 3. The molecule has 0 bridgehead atoms. The van der Waals surface area contributed by atoms with Gasteiger partial charge in [0, 0.05) is 29.5 Å². The number of hydrogen-bond donors (Lipinski definition) is 2. The van der Waals surface area contributed by atoms with Gasteiger partial charge in [0.1, 0.15) is 16.9 Å². The maximum absolute atomic E-state index is 13.0. The summed E-state index contributed by atoms with van der Waals surface area (Å²) in [4.78, 5) is 13.0. The van der Waals surface area contributed by atoms with E-state index in [0.717, 1.165) is 47.8 Å². The Bertz CT molecular complexity index is 1220. The summed E-state index contributed by atoms with van der Waals surface area (Å²) < 4.78 is 23.0. The van der Waals surface area contributed by atoms with Crippen LogP contribution in [0, 0.1) is 6.92 Å². The molecule has 1 spiro atoms. The molecule has 3 aromatic rings. The Kier molecular flexibility index (Phi) is 5.90. The van der Waals surface area contributed by atoms with Crippen LogP contribution in [-0.2, 0) is 6.42 Å². The number of hydrogen-bond acceptors (Lipinski definition) is 6. The Morgan fingerprint density at radius 3 is 2.65 bits per heavy atom. The van der Waals surface area contributed by atoms with Gasteiger partial charge in [-0.1, -0.05) is 6.07 Å². The topological polar surface area (TPSA) is 90.2 Å². The minimum Gasteiger partial charge on any atom is -0.493 e. The number of methoxy groups -OCH3 is 2. The summed E-state index contributed by atoms with van der Waals surface area (Å²) in [7, 11) is 3.20. The van der Waals surface area contributed by atoms with Crippen molar-refractivity contribution in [3.8, 4) is 17.2 Å². The quantitative estimate of drug-likeness (QED) is 0.540. The van der Waals surface area contributed by atoms with Crippen molar-refractivity contribution in [3.05, 3.63) is 52.8 Å². The molecule has 7 heteroatoms. The largest absolute Gasteiger partial charge is 0.493 e. The molecule has 1 aromatic heterocycles. The number of aliphatic hydroxyl groups excluding tert-OH is 1. The molecule has 5 rings (SSSR count). The lowest BCUT2D eigenvalue weighted by atomic mass is 9.85. The average Bonchev–Trinajstić information content (AvgIpc) is 3.42. The third-order valence-corrected chi connectivity index (χ3v) is 7.19. The smallest absolute Gasteiger partial charge is 0.287 e. The molecular formula is C27H31NO6. The van der Waals surface area contributed by atoms with E-state index in [9.17, 15) is 9.90 Å². The standard InChI is InChI=1S/C27H31NO6/c1-16-23-20(8-9-21-24(23)18(29)15-27(34-21)11-4-5-12-27)33-25(16)26(30)28-13-10-17-6-7-19(31-2)22(14-17)32-3/h6-9,14,18,29H,4-5,10-13,15H2,1-3H3,(H,28,30)/t18-/m0/s1. The van der Waals surface area contributed by atoms with Crippen LogP contribution in [0.3, 0.4) is 0 Å². The molecule has 0 radical (unpaired) electrons. The van der Waals surface area contributed by atoms with E-state index in [1.54, 1.807) is 14.2 Å². The third kappa shape index (κ3) is 3.88. The molecular weight excluding hydrogens is 434 g/mol. The van der Waals surface area contributed by atoms with Crippen LogP contribution in [-0.4, -0.2) is 37.4 Å². The number of nitrogens with one attached hydrogen (secondary N) is 1. The first-order valence-electron chi connectivity index (χ1n) is 11.9. The zero-order valence-corrected chi connectivity index (χ0v) is 19.9. The number of benzene rings is 2. The maximum Gasteiger partial charge on any atom is 0.287 e. The van der Waals surface area contributed by atoms with Crippen LogP contribution >= 0.6 is 0 Å². The van der Waals surface area contributed by atoms with E-state index in [1.165, 1.54) is 0 Å². The second kappa shape index (κ2) is 8.87. The van der Waals surface area contributed by atoms with Crippen molar-refractivity contribution >= 4 is 16.9 Å². The second-order valence-electron chi connectivity index (χ2n) is 9.31.